The lowest BCUT2D eigenvalue weighted by Gasteiger charge is -2.19. The zero-order chi connectivity index (χ0) is 21.9. The minimum Gasteiger partial charge on any atom is -0.497 e. The first kappa shape index (κ1) is 23.1. The van der Waals surface area contributed by atoms with E-state index in [-0.39, 0.29) is 18.4 Å². The topological polar surface area (TPSA) is 73.3 Å². The number of alkyl halides is 2. The number of benzene rings is 2. The lowest BCUT2D eigenvalue weighted by molar-refractivity contribution is -0.0505. The zero-order valence-corrected chi connectivity index (χ0v) is 17.4. The Balaban J connectivity index is 1.93. The number of halogens is 2. The van der Waals surface area contributed by atoms with Crippen molar-refractivity contribution in [2.24, 2.45) is 4.99 Å². The average molecular weight is 423 g/mol. The van der Waals surface area contributed by atoms with Gasteiger partial charge in [-0.1, -0.05) is 12.1 Å². The molecule has 2 rings (SSSR count). The summed E-state index contributed by atoms with van der Waals surface area (Å²) in [6, 6.07) is 12.0. The molecular weight excluding hydrogens is 396 g/mol. The summed E-state index contributed by atoms with van der Waals surface area (Å²) in [4.78, 5) is 4.14. The molecule has 0 heterocycles. The van der Waals surface area contributed by atoms with Gasteiger partial charge in [-0.2, -0.15) is 8.78 Å². The van der Waals surface area contributed by atoms with Crippen molar-refractivity contribution in [2.45, 2.75) is 26.2 Å². The molecule has 7 nitrogen and oxygen atoms in total. The molecule has 0 amide bonds. The molecular formula is C21H27F2N3O4. The Morgan fingerprint density at radius 1 is 0.967 bits per heavy atom. The van der Waals surface area contributed by atoms with E-state index in [9.17, 15) is 8.78 Å². The van der Waals surface area contributed by atoms with Crippen LogP contribution < -0.4 is 29.6 Å². The number of aliphatic imine (C=N–C) groups is 1. The number of ether oxygens (including phenoxy) is 4. The van der Waals surface area contributed by atoms with Crippen molar-refractivity contribution >= 4 is 5.96 Å². The van der Waals surface area contributed by atoms with E-state index >= 15 is 0 Å². The van der Waals surface area contributed by atoms with E-state index in [2.05, 4.69) is 20.4 Å². The number of methoxy groups -OCH3 is 2. The van der Waals surface area contributed by atoms with Gasteiger partial charge in [-0.15, -0.1) is 0 Å². The van der Waals surface area contributed by atoms with Gasteiger partial charge in [0.15, 0.2) is 17.5 Å². The van der Waals surface area contributed by atoms with E-state index in [1.54, 1.807) is 26.3 Å². The van der Waals surface area contributed by atoms with Crippen LogP contribution in [-0.4, -0.2) is 46.5 Å². The SMILES string of the molecule is CN=C(NCc1cc(OC)ccc1OC(F)F)NCC(C)Oc1ccccc1OC. The van der Waals surface area contributed by atoms with Gasteiger partial charge < -0.3 is 29.6 Å². The van der Waals surface area contributed by atoms with E-state index in [0.717, 1.165) is 0 Å². The van der Waals surface area contributed by atoms with Crippen LogP contribution >= 0.6 is 0 Å². The highest BCUT2D eigenvalue weighted by molar-refractivity contribution is 5.79. The van der Waals surface area contributed by atoms with Gasteiger partial charge in [0.25, 0.3) is 0 Å². The molecule has 2 N–H and O–H groups in total. The lowest BCUT2D eigenvalue weighted by Crippen LogP contribution is -2.41. The van der Waals surface area contributed by atoms with Gasteiger partial charge >= 0.3 is 6.61 Å². The molecule has 30 heavy (non-hydrogen) atoms. The van der Waals surface area contributed by atoms with Gasteiger partial charge in [0.05, 0.1) is 20.8 Å². The first-order valence-corrected chi connectivity index (χ1v) is 9.32. The van der Waals surface area contributed by atoms with Crippen molar-refractivity contribution < 1.29 is 27.7 Å². The largest absolute Gasteiger partial charge is 0.497 e. The number of guanidine groups is 1. The summed E-state index contributed by atoms with van der Waals surface area (Å²) in [5, 5.41) is 6.21. The Morgan fingerprint density at radius 3 is 2.33 bits per heavy atom. The maximum absolute atomic E-state index is 12.7. The number of para-hydroxylation sites is 2. The maximum atomic E-state index is 12.7. The molecule has 1 atom stereocenters. The molecule has 0 saturated carbocycles. The van der Waals surface area contributed by atoms with Crippen molar-refractivity contribution in [1.82, 2.24) is 10.6 Å². The van der Waals surface area contributed by atoms with E-state index in [1.807, 2.05) is 31.2 Å². The molecule has 0 bridgehead atoms. The molecule has 164 valence electrons. The predicted octanol–water partition coefficient (Wildman–Crippen LogP) is 3.44. The van der Waals surface area contributed by atoms with Crippen LogP contribution in [0.2, 0.25) is 0 Å². The van der Waals surface area contributed by atoms with Crippen molar-refractivity contribution in [3.05, 3.63) is 48.0 Å². The number of hydrogen-bond acceptors (Lipinski definition) is 5. The Labute approximate surface area is 175 Å². The van der Waals surface area contributed by atoms with Crippen LogP contribution in [0.5, 0.6) is 23.0 Å². The summed E-state index contributed by atoms with van der Waals surface area (Å²) in [5.41, 5.74) is 0.510. The predicted molar refractivity (Wildman–Crippen MR) is 111 cm³/mol. The maximum Gasteiger partial charge on any atom is 0.387 e. The average Bonchev–Trinajstić information content (AvgIpc) is 2.74. The van der Waals surface area contributed by atoms with Crippen molar-refractivity contribution in [3.63, 3.8) is 0 Å². The van der Waals surface area contributed by atoms with E-state index < -0.39 is 6.61 Å². The first-order valence-electron chi connectivity index (χ1n) is 9.32. The quantitative estimate of drug-likeness (QED) is 0.451. The molecule has 0 radical (unpaired) electrons. The Morgan fingerprint density at radius 2 is 1.70 bits per heavy atom. The second kappa shape index (κ2) is 11.7. The summed E-state index contributed by atoms with van der Waals surface area (Å²) >= 11 is 0. The van der Waals surface area contributed by atoms with Gasteiger partial charge in [0.2, 0.25) is 0 Å². The third kappa shape index (κ3) is 6.98. The van der Waals surface area contributed by atoms with Gasteiger partial charge in [0, 0.05) is 19.2 Å². The number of rotatable bonds is 10. The third-order valence-electron chi connectivity index (χ3n) is 4.11. The van der Waals surface area contributed by atoms with Crippen LogP contribution in [0.1, 0.15) is 12.5 Å². The fourth-order valence-electron chi connectivity index (χ4n) is 2.65. The number of hydrogen-bond donors (Lipinski definition) is 2. The Kier molecular flexibility index (Phi) is 8.99. The summed E-state index contributed by atoms with van der Waals surface area (Å²) in [7, 11) is 4.70. The summed E-state index contributed by atoms with van der Waals surface area (Å²) in [6.07, 6.45) is -0.186. The molecule has 0 spiro atoms. The van der Waals surface area contributed by atoms with E-state index in [4.69, 9.17) is 14.2 Å². The zero-order valence-electron chi connectivity index (χ0n) is 17.4. The monoisotopic (exact) mass is 423 g/mol. The second-order valence-electron chi connectivity index (χ2n) is 6.24. The van der Waals surface area contributed by atoms with Crippen LogP contribution in [-0.2, 0) is 6.54 Å². The Bertz CT molecular complexity index is 834. The van der Waals surface area contributed by atoms with Gasteiger partial charge in [0.1, 0.15) is 17.6 Å². The minimum absolute atomic E-state index is 0.0710. The standard InChI is InChI=1S/C21H27F2N3O4/c1-14(29-19-8-6-5-7-18(19)28-4)12-25-21(24-2)26-13-15-11-16(27-3)9-10-17(15)30-20(22)23/h5-11,14,20H,12-13H2,1-4H3,(H2,24,25,26). The highest BCUT2D eigenvalue weighted by Crippen LogP contribution is 2.27. The summed E-state index contributed by atoms with van der Waals surface area (Å²) < 4.78 is 46.2. The second-order valence-corrected chi connectivity index (χ2v) is 6.24. The van der Waals surface area contributed by atoms with Crippen LogP contribution in [0.25, 0.3) is 0 Å². The molecule has 0 aromatic heterocycles. The Hall–Kier alpha value is -3.23. The van der Waals surface area contributed by atoms with Crippen molar-refractivity contribution in [2.75, 3.05) is 27.8 Å². The van der Waals surface area contributed by atoms with E-state index in [0.29, 0.717) is 35.3 Å². The molecule has 0 fully saturated rings. The molecule has 0 saturated heterocycles. The number of nitrogens with one attached hydrogen (secondary N) is 2. The molecule has 1 unspecified atom stereocenters. The molecule has 0 aliphatic carbocycles. The fourth-order valence-corrected chi connectivity index (χ4v) is 2.65. The highest BCUT2D eigenvalue weighted by Gasteiger charge is 2.13. The lowest BCUT2D eigenvalue weighted by atomic mass is 10.2. The van der Waals surface area contributed by atoms with Gasteiger partial charge in [-0.3, -0.25) is 4.99 Å². The van der Waals surface area contributed by atoms with Crippen LogP contribution in [0, 0.1) is 0 Å². The fraction of sp³-hybridized carbons (Fsp3) is 0.381. The summed E-state index contributed by atoms with van der Waals surface area (Å²) in [6.45, 7) is -0.345. The third-order valence-corrected chi connectivity index (χ3v) is 4.11. The smallest absolute Gasteiger partial charge is 0.387 e. The van der Waals surface area contributed by atoms with Crippen molar-refractivity contribution in [1.29, 1.82) is 0 Å². The van der Waals surface area contributed by atoms with Crippen LogP contribution in [0.15, 0.2) is 47.5 Å². The molecule has 9 heteroatoms. The molecule has 2 aromatic rings. The normalized spacial score (nSPS) is 12.3. The van der Waals surface area contributed by atoms with E-state index in [1.165, 1.54) is 13.2 Å². The minimum atomic E-state index is -2.91. The molecule has 0 aliphatic rings. The van der Waals surface area contributed by atoms with Crippen molar-refractivity contribution in [3.8, 4) is 23.0 Å². The summed E-state index contributed by atoms with van der Waals surface area (Å²) in [5.74, 6) is 2.38. The highest BCUT2D eigenvalue weighted by atomic mass is 19.3. The molecule has 2 aromatic carbocycles. The van der Waals surface area contributed by atoms with Crippen LogP contribution in [0.4, 0.5) is 8.78 Å². The first-order chi connectivity index (χ1) is 14.5. The van der Waals surface area contributed by atoms with Crippen LogP contribution in [0.3, 0.4) is 0 Å². The molecule has 0 aliphatic heterocycles. The van der Waals surface area contributed by atoms with Gasteiger partial charge in [-0.05, 0) is 37.3 Å². The van der Waals surface area contributed by atoms with Gasteiger partial charge in [-0.25, -0.2) is 0 Å². The number of nitrogens with zero attached hydrogens (tertiary/aromatic N) is 1.